The van der Waals surface area contributed by atoms with Gasteiger partial charge in [0.05, 0.1) is 18.6 Å². The van der Waals surface area contributed by atoms with Crippen molar-refractivity contribution in [2.75, 3.05) is 39.3 Å². The van der Waals surface area contributed by atoms with E-state index in [-0.39, 0.29) is 30.5 Å². The molecule has 3 heterocycles. The van der Waals surface area contributed by atoms with Crippen molar-refractivity contribution in [1.29, 1.82) is 0 Å². The first kappa shape index (κ1) is 31.3. The third-order valence-electron chi connectivity index (χ3n) is 8.71. The van der Waals surface area contributed by atoms with Crippen LogP contribution in [0.25, 0.3) is 0 Å². The highest BCUT2D eigenvalue weighted by molar-refractivity contribution is 6.30. The van der Waals surface area contributed by atoms with Crippen LogP contribution in [0.15, 0.2) is 59.6 Å². The highest BCUT2D eigenvalue weighted by atomic mass is 35.5. The average molecular weight is 609 g/mol. The van der Waals surface area contributed by atoms with E-state index in [0.29, 0.717) is 37.1 Å². The summed E-state index contributed by atoms with van der Waals surface area (Å²) >= 11 is 6.15. The zero-order valence-electron chi connectivity index (χ0n) is 25.2. The summed E-state index contributed by atoms with van der Waals surface area (Å²) in [7, 11) is 0. The molecule has 43 heavy (non-hydrogen) atoms. The Hall–Kier alpha value is -3.14. The van der Waals surface area contributed by atoms with Gasteiger partial charge in [-0.25, -0.2) is 4.99 Å². The lowest BCUT2D eigenvalue weighted by molar-refractivity contribution is -0.144. The van der Waals surface area contributed by atoms with E-state index in [1.165, 1.54) is 32.4 Å². The molecule has 0 unspecified atom stereocenters. The topological polar surface area (TPSA) is 103 Å². The fourth-order valence-corrected chi connectivity index (χ4v) is 6.46. The number of piperidine rings is 1. The Balaban J connectivity index is 1.22. The van der Waals surface area contributed by atoms with Gasteiger partial charge < -0.3 is 30.5 Å². The summed E-state index contributed by atoms with van der Waals surface area (Å²) < 4.78 is 6.33. The van der Waals surface area contributed by atoms with E-state index in [4.69, 9.17) is 27.1 Å². The van der Waals surface area contributed by atoms with Crippen molar-refractivity contribution >= 4 is 29.4 Å². The zero-order chi connectivity index (χ0) is 30.2. The molecular formula is C33H45ClN6O3. The number of piperazine rings is 1. The summed E-state index contributed by atoms with van der Waals surface area (Å²) in [5, 5.41) is 3.63. The number of nitrogens with one attached hydrogen (secondary N) is 1. The number of benzene rings is 2. The summed E-state index contributed by atoms with van der Waals surface area (Å²) in [5.41, 5.74) is 8.40. The second kappa shape index (κ2) is 15.0. The van der Waals surface area contributed by atoms with Crippen molar-refractivity contribution in [2.45, 2.75) is 76.2 Å². The first-order chi connectivity index (χ1) is 20.9. The molecule has 0 aliphatic carbocycles. The molecule has 2 fully saturated rings. The summed E-state index contributed by atoms with van der Waals surface area (Å²) in [6.07, 6.45) is 6.19. The van der Waals surface area contributed by atoms with Crippen LogP contribution in [0.4, 0.5) is 0 Å². The summed E-state index contributed by atoms with van der Waals surface area (Å²) in [4.78, 5) is 38.3. The second-order valence-electron chi connectivity index (χ2n) is 11.9. The number of hydrogen-bond donors (Lipinski definition) is 2. The zero-order valence-corrected chi connectivity index (χ0v) is 25.9. The van der Waals surface area contributed by atoms with Crippen LogP contribution in [-0.4, -0.2) is 89.9 Å². The molecule has 0 radical (unpaired) electrons. The predicted molar refractivity (Wildman–Crippen MR) is 170 cm³/mol. The summed E-state index contributed by atoms with van der Waals surface area (Å²) in [6.45, 7) is 6.89. The number of ether oxygens (including phenoxy) is 1. The molecule has 2 amide bonds. The minimum atomic E-state index is -0.725. The highest BCUT2D eigenvalue weighted by Crippen LogP contribution is 2.30. The molecule has 10 heteroatoms. The Kier molecular flexibility index (Phi) is 10.9. The third kappa shape index (κ3) is 8.28. The molecular weight excluding hydrogens is 564 g/mol. The van der Waals surface area contributed by atoms with Crippen LogP contribution in [0.2, 0.25) is 5.02 Å². The predicted octanol–water partition coefficient (Wildman–Crippen LogP) is 3.97. The Bertz CT molecular complexity index is 1250. The fraction of sp³-hybridized carbons (Fsp3) is 0.545. The van der Waals surface area contributed by atoms with E-state index in [1.54, 1.807) is 11.0 Å². The Morgan fingerprint density at radius 2 is 1.84 bits per heavy atom. The smallest absolute Gasteiger partial charge is 0.288 e. The van der Waals surface area contributed by atoms with E-state index in [1.807, 2.05) is 60.4 Å². The molecule has 0 saturated carbocycles. The largest absolute Gasteiger partial charge is 0.455 e. The number of unbranched alkanes of at least 4 members (excludes halogenated alkanes) is 1. The molecule has 232 valence electrons. The van der Waals surface area contributed by atoms with Gasteiger partial charge in [0.15, 0.2) is 0 Å². The average Bonchev–Trinajstić information content (AvgIpc) is 3.43. The van der Waals surface area contributed by atoms with E-state index < -0.39 is 12.1 Å². The maximum Gasteiger partial charge on any atom is 0.288 e. The monoisotopic (exact) mass is 608 g/mol. The van der Waals surface area contributed by atoms with Gasteiger partial charge in [0.2, 0.25) is 11.8 Å². The Morgan fingerprint density at radius 3 is 2.60 bits per heavy atom. The fourth-order valence-electron chi connectivity index (χ4n) is 6.25. The van der Waals surface area contributed by atoms with E-state index in [0.717, 1.165) is 30.5 Å². The molecule has 3 aliphatic heterocycles. The molecule has 5 rings (SSSR count). The molecule has 0 spiro atoms. The molecule has 4 atom stereocenters. The Morgan fingerprint density at radius 1 is 1.05 bits per heavy atom. The van der Waals surface area contributed by atoms with Crippen LogP contribution >= 0.6 is 11.6 Å². The van der Waals surface area contributed by atoms with Crippen molar-refractivity contribution in [3.8, 4) is 0 Å². The molecule has 0 bridgehead atoms. The van der Waals surface area contributed by atoms with Gasteiger partial charge in [0, 0.05) is 24.7 Å². The van der Waals surface area contributed by atoms with Gasteiger partial charge in [-0.15, -0.1) is 0 Å². The van der Waals surface area contributed by atoms with E-state index in [2.05, 4.69) is 10.2 Å². The summed E-state index contributed by atoms with van der Waals surface area (Å²) in [5.74, 6) is -0.410. The van der Waals surface area contributed by atoms with E-state index in [9.17, 15) is 9.59 Å². The van der Waals surface area contributed by atoms with Gasteiger partial charge in [-0.05, 0) is 75.5 Å². The van der Waals surface area contributed by atoms with Gasteiger partial charge in [-0.3, -0.25) is 9.59 Å². The lowest BCUT2D eigenvalue weighted by Crippen LogP contribution is -2.63. The number of rotatable bonds is 10. The van der Waals surface area contributed by atoms with Gasteiger partial charge >= 0.3 is 0 Å². The second-order valence-corrected chi connectivity index (χ2v) is 12.4. The van der Waals surface area contributed by atoms with Crippen molar-refractivity contribution in [3.05, 3.63) is 70.7 Å². The number of nitrogens with two attached hydrogens (primary N) is 1. The van der Waals surface area contributed by atoms with Crippen LogP contribution in [0.5, 0.6) is 0 Å². The molecule has 3 aliphatic rings. The van der Waals surface area contributed by atoms with Crippen LogP contribution in [0, 0.1) is 0 Å². The van der Waals surface area contributed by atoms with Crippen molar-refractivity contribution < 1.29 is 14.3 Å². The molecule has 2 aromatic rings. The van der Waals surface area contributed by atoms with Crippen LogP contribution in [0.1, 0.15) is 62.7 Å². The van der Waals surface area contributed by atoms with Gasteiger partial charge in [-0.2, -0.15) is 0 Å². The maximum absolute atomic E-state index is 13.7. The molecule has 9 nitrogen and oxygen atoms in total. The van der Waals surface area contributed by atoms with Crippen LogP contribution in [-0.2, 0) is 20.9 Å². The lowest BCUT2D eigenvalue weighted by atomic mass is 10.0. The molecule has 2 aromatic carbocycles. The van der Waals surface area contributed by atoms with Gasteiger partial charge in [-0.1, -0.05) is 66.9 Å². The number of carbonyl (C=O) groups excluding carboxylic acids is 2. The SMILES string of the molecule is C[C@@H]1N=C(N2CCN(C(=O)[C@H](N)CCCCN3CCCCC3)[C@H](C(=O)NCc3cccc(Cl)c3)C2)O[C@H]1c1ccccc1. The number of nitrogens with zero attached hydrogens (tertiary/aromatic N) is 4. The molecule has 0 aromatic heterocycles. The maximum atomic E-state index is 13.7. The highest BCUT2D eigenvalue weighted by Gasteiger charge is 2.40. The number of amides is 2. The molecule has 2 saturated heterocycles. The Labute approximate surface area is 260 Å². The number of hydrogen-bond acceptors (Lipinski definition) is 7. The van der Waals surface area contributed by atoms with E-state index >= 15 is 0 Å². The quantitative estimate of drug-likeness (QED) is 0.396. The third-order valence-corrected chi connectivity index (χ3v) is 8.95. The first-order valence-electron chi connectivity index (χ1n) is 15.7. The van der Waals surface area contributed by atoms with Crippen LogP contribution in [0.3, 0.4) is 0 Å². The molecule has 3 N–H and O–H groups in total. The number of amidine groups is 1. The standard InChI is InChI=1S/C33H45ClN6O3/c1-24-30(26-12-4-2-5-13-26)43-33(37-24)39-19-20-40(29(23-39)31(41)36-22-25-11-10-14-27(34)21-25)32(42)28(35)15-6-9-18-38-16-7-3-8-17-38/h2,4-5,10-14,21,24,28-30H,3,6-9,15-20,22-23,35H2,1H3,(H,36,41)/t24-,28+,29-,30+/m0/s1. The normalized spacial score (nSPS) is 23.4. The minimum absolute atomic E-state index is 0.0643. The van der Waals surface area contributed by atoms with Gasteiger partial charge in [0.25, 0.3) is 6.02 Å². The summed E-state index contributed by atoms with van der Waals surface area (Å²) in [6, 6.07) is 16.5. The van der Waals surface area contributed by atoms with Crippen molar-refractivity contribution in [2.24, 2.45) is 10.7 Å². The number of carbonyl (C=O) groups is 2. The first-order valence-corrected chi connectivity index (χ1v) is 16.1. The number of aliphatic imine (C=N–C) groups is 1. The van der Waals surface area contributed by atoms with Gasteiger partial charge in [0.1, 0.15) is 12.1 Å². The van der Waals surface area contributed by atoms with Crippen molar-refractivity contribution in [1.82, 2.24) is 20.0 Å². The number of halogens is 1. The van der Waals surface area contributed by atoms with Crippen LogP contribution < -0.4 is 11.1 Å². The van der Waals surface area contributed by atoms with Crippen molar-refractivity contribution in [3.63, 3.8) is 0 Å². The minimum Gasteiger partial charge on any atom is -0.455 e. The lowest BCUT2D eigenvalue weighted by Gasteiger charge is -2.41. The number of likely N-dealkylation sites (tertiary alicyclic amines) is 1.